The fourth-order valence-electron chi connectivity index (χ4n) is 0.316. The van der Waals surface area contributed by atoms with Gasteiger partial charge in [0.2, 0.25) is 0 Å². The maximum Gasteiger partial charge on any atom is 0.356 e. The lowest BCUT2D eigenvalue weighted by atomic mass is 10.8. The van der Waals surface area contributed by atoms with Crippen LogP contribution in [0, 0.1) is 0 Å². The highest BCUT2D eigenvalue weighted by Crippen LogP contribution is 1.90. The van der Waals surface area contributed by atoms with Gasteiger partial charge < -0.3 is 9.59 Å². The third kappa shape index (κ3) is 5.88. The molecule has 0 unspecified atom stereocenters. The third-order valence-corrected chi connectivity index (χ3v) is 1.45. The Hall–Kier alpha value is -0.123. The molecule has 0 aliphatic rings. The Morgan fingerprint density at radius 1 is 1.43 bits per heavy atom. The van der Waals surface area contributed by atoms with E-state index in [2.05, 4.69) is 0 Å². The summed E-state index contributed by atoms with van der Waals surface area (Å²) in [4.78, 5) is 17.3. The topological polar surface area (TPSA) is 40.5 Å². The van der Waals surface area contributed by atoms with Crippen LogP contribution in [0.4, 0.5) is 0 Å². The summed E-state index contributed by atoms with van der Waals surface area (Å²) in [7, 11) is -2.84. The first kappa shape index (κ1) is 6.88. The van der Waals surface area contributed by atoms with Gasteiger partial charge in [-0.15, -0.1) is 0 Å². The van der Waals surface area contributed by atoms with Crippen LogP contribution >= 0.6 is 0 Å². The van der Waals surface area contributed by atoms with Crippen molar-refractivity contribution >= 4 is 8.56 Å². The van der Waals surface area contributed by atoms with Gasteiger partial charge in [0.25, 0.3) is 0 Å². The summed E-state index contributed by atoms with van der Waals surface area (Å²) in [5, 5.41) is 0. The number of rotatable bonds is 1. The van der Waals surface area contributed by atoms with E-state index in [0.29, 0.717) is 0 Å². The largest absolute Gasteiger partial charge is 0.408 e. The SMILES string of the molecule is CC=C[Si](C)(O)O. The van der Waals surface area contributed by atoms with E-state index in [4.69, 9.17) is 9.59 Å². The minimum Gasteiger partial charge on any atom is -0.408 e. The van der Waals surface area contributed by atoms with Crippen LogP contribution in [-0.4, -0.2) is 18.2 Å². The van der Waals surface area contributed by atoms with Crippen LogP contribution in [0.5, 0.6) is 0 Å². The van der Waals surface area contributed by atoms with Gasteiger partial charge in [0.05, 0.1) is 0 Å². The van der Waals surface area contributed by atoms with Gasteiger partial charge >= 0.3 is 8.56 Å². The van der Waals surface area contributed by atoms with Crippen LogP contribution in [0.25, 0.3) is 0 Å². The molecule has 0 aromatic heterocycles. The summed E-state index contributed by atoms with van der Waals surface area (Å²) in [5.41, 5.74) is 1.44. The fourth-order valence-corrected chi connectivity index (χ4v) is 0.947. The molecular formula is C4H10O2Si. The van der Waals surface area contributed by atoms with Gasteiger partial charge in [-0.3, -0.25) is 0 Å². The normalized spacial score (nSPS) is 13.1. The van der Waals surface area contributed by atoms with Crippen LogP contribution in [0.2, 0.25) is 6.55 Å². The van der Waals surface area contributed by atoms with Crippen molar-refractivity contribution in [1.82, 2.24) is 0 Å². The molecule has 0 radical (unpaired) electrons. The van der Waals surface area contributed by atoms with Gasteiger partial charge in [-0.25, -0.2) is 0 Å². The van der Waals surface area contributed by atoms with Crippen molar-refractivity contribution in [2.24, 2.45) is 0 Å². The summed E-state index contributed by atoms with van der Waals surface area (Å²) in [6.45, 7) is 3.20. The number of hydrogen-bond donors (Lipinski definition) is 2. The van der Waals surface area contributed by atoms with Crippen molar-refractivity contribution in [3.05, 3.63) is 11.8 Å². The summed E-state index contributed by atoms with van der Waals surface area (Å²) in [6.07, 6.45) is 1.65. The molecule has 0 aromatic carbocycles. The highest BCUT2D eigenvalue weighted by atomic mass is 28.4. The molecule has 0 saturated heterocycles. The molecule has 0 aliphatic heterocycles. The van der Waals surface area contributed by atoms with Crippen molar-refractivity contribution in [3.63, 3.8) is 0 Å². The predicted octanol–water partition coefficient (Wildman–Crippen LogP) is 0.158. The first-order chi connectivity index (χ1) is 3.06. The molecule has 0 fully saturated rings. The quantitative estimate of drug-likeness (QED) is 0.481. The van der Waals surface area contributed by atoms with Crippen molar-refractivity contribution in [2.45, 2.75) is 13.5 Å². The maximum absolute atomic E-state index is 8.63. The third-order valence-electron chi connectivity index (χ3n) is 0.482. The Morgan fingerprint density at radius 2 is 1.86 bits per heavy atom. The molecule has 3 heteroatoms. The summed E-state index contributed by atoms with van der Waals surface area (Å²) >= 11 is 0. The van der Waals surface area contributed by atoms with Gasteiger partial charge in [0.1, 0.15) is 0 Å². The lowest BCUT2D eigenvalue weighted by Gasteiger charge is -2.01. The zero-order valence-electron chi connectivity index (χ0n) is 4.55. The Balaban J connectivity index is 3.56. The minimum absolute atomic E-state index is 1.44. The number of hydrogen-bond acceptors (Lipinski definition) is 2. The molecule has 2 nitrogen and oxygen atoms in total. The molecule has 0 atom stereocenters. The van der Waals surface area contributed by atoms with E-state index in [9.17, 15) is 0 Å². The highest BCUT2D eigenvalue weighted by Gasteiger charge is 2.14. The van der Waals surface area contributed by atoms with E-state index < -0.39 is 8.56 Å². The van der Waals surface area contributed by atoms with Crippen molar-refractivity contribution < 1.29 is 9.59 Å². The summed E-state index contributed by atoms with van der Waals surface area (Å²) < 4.78 is 0. The van der Waals surface area contributed by atoms with E-state index in [1.54, 1.807) is 13.0 Å². The smallest absolute Gasteiger partial charge is 0.356 e. The molecule has 0 amide bonds. The van der Waals surface area contributed by atoms with Crippen LogP contribution in [0.3, 0.4) is 0 Å². The Morgan fingerprint density at radius 3 is 1.86 bits per heavy atom. The summed E-state index contributed by atoms with van der Waals surface area (Å²) in [5.74, 6) is 0. The van der Waals surface area contributed by atoms with Crippen LogP contribution < -0.4 is 0 Å². The molecule has 0 rings (SSSR count). The second kappa shape index (κ2) is 2.25. The fraction of sp³-hybridized carbons (Fsp3) is 0.500. The minimum atomic E-state index is -2.84. The van der Waals surface area contributed by atoms with Crippen molar-refractivity contribution in [2.75, 3.05) is 0 Å². The molecular weight excluding hydrogens is 108 g/mol. The molecule has 42 valence electrons. The van der Waals surface area contributed by atoms with Gasteiger partial charge in [-0.05, 0) is 19.2 Å². The molecule has 0 aromatic rings. The first-order valence-corrected chi connectivity index (χ1v) is 4.62. The second-order valence-corrected chi connectivity index (χ2v) is 4.12. The molecule has 0 aliphatic carbocycles. The standard InChI is InChI=1S/C4H10O2Si/c1-3-4-7(2,5)6/h3-6H,1-2H3. The lowest BCUT2D eigenvalue weighted by molar-refractivity contribution is 0.390. The monoisotopic (exact) mass is 118 g/mol. The van der Waals surface area contributed by atoms with Crippen molar-refractivity contribution in [3.8, 4) is 0 Å². The highest BCUT2D eigenvalue weighted by molar-refractivity contribution is 6.68. The molecule has 0 heterocycles. The predicted molar refractivity (Wildman–Crippen MR) is 30.9 cm³/mol. The van der Waals surface area contributed by atoms with Crippen LogP contribution in [0.15, 0.2) is 11.8 Å². The van der Waals surface area contributed by atoms with Crippen molar-refractivity contribution in [1.29, 1.82) is 0 Å². The Bertz CT molecular complexity index is 72.2. The van der Waals surface area contributed by atoms with E-state index in [1.807, 2.05) is 0 Å². The Labute approximate surface area is 44.4 Å². The molecule has 7 heavy (non-hydrogen) atoms. The average Bonchev–Trinajstić information content (AvgIpc) is 1.30. The van der Waals surface area contributed by atoms with E-state index >= 15 is 0 Å². The molecule has 0 bridgehead atoms. The summed E-state index contributed by atoms with van der Waals surface area (Å²) in [6, 6.07) is 0. The van der Waals surface area contributed by atoms with E-state index in [-0.39, 0.29) is 0 Å². The zero-order chi connectivity index (χ0) is 5.91. The van der Waals surface area contributed by atoms with E-state index in [1.165, 1.54) is 12.2 Å². The van der Waals surface area contributed by atoms with E-state index in [0.717, 1.165) is 0 Å². The van der Waals surface area contributed by atoms with Gasteiger partial charge in [0.15, 0.2) is 0 Å². The van der Waals surface area contributed by atoms with Gasteiger partial charge in [-0.1, -0.05) is 6.08 Å². The van der Waals surface area contributed by atoms with Crippen LogP contribution in [-0.2, 0) is 0 Å². The maximum atomic E-state index is 8.63. The number of allylic oxidation sites excluding steroid dienone is 1. The van der Waals surface area contributed by atoms with Gasteiger partial charge in [-0.2, -0.15) is 0 Å². The van der Waals surface area contributed by atoms with Crippen LogP contribution in [0.1, 0.15) is 6.92 Å². The molecule has 0 spiro atoms. The molecule has 2 N–H and O–H groups in total. The van der Waals surface area contributed by atoms with Gasteiger partial charge in [0, 0.05) is 0 Å². The average molecular weight is 118 g/mol. The Kier molecular flexibility index (Phi) is 2.21. The molecule has 0 saturated carbocycles. The first-order valence-electron chi connectivity index (χ1n) is 2.15. The lowest BCUT2D eigenvalue weighted by Crippen LogP contribution is -2.26. The zero-order valence-corrected chi connectivity index (χ0v) is 5.55. The second-order valence-electron chi connectivity index (χ2n) is 1.59.